The fourth-order valence-electron chi connectivity index (χ4n) is 8.10. The molecule has 4 aliphatic rings. The largest absolute Gasteiger partial charge is 0.388 e. The second-order valence-electron chi connectivity index (χ2n) is 10.8. The summed E-state index contributed by atoms with van der Waals surface area (Å²) in [6.45, 7) is 4.94. The molecule has 152 valence electrons. The van der Waals surface area contributed by atoms with Gasteiger partial charge in [-0.2, -0.15) is 0 Å². The highest BCUT2D eigenvalue weighted by molar-refractivity contribution is 5.55. The second kappa shape index (κ2) is 6.69. The minimum absolute atomic E-state index is 0.00180. The van der Waals surface area contributed by atoms with Crippen molar-refractivity contribution in [2.75, 3.05) is 0 Å². The summed E-state index contributed by atoms with van der Waals surface area (Å²) in [6, 6.07) is 6.78. The van der Waals surface area contributed by atoms with Gasteiger partial charge in [0.1, 0.15) is 5.82 Å². The molecule has 1 nitrogen and oxygen atoms in total. The molecule has 4 fully saturated rings. The number of fused-ring (bicyclic) bond motifs is 5. The van der Waals surface area contributed by atoms with Gasteiger partial charge in [0.2, 0.25) is 0 Å². The lowest BCUT2D eigenvalue weighted by atomic mass is 9.45. The van der Waals surface area contributed by atoms with Gasteiger partial charge in [-0.1, -0.05) is 44.9 Å². The van der Waals surface area contributed by atoms with E-state index in [1.165, 1.54) is 51.0 Å². The Kier molecular flexibility index (Phi) is 4.50. The first kappa shape index (κ1) is 18.9. The van der Waals surface area contributed by atoms with Crippen LogP contribution in [-0.2, 0) is 0 Å². The Hall–Kier alpha value is -1.15. The Labute approximate surface area is 169 Å². The molecule has 0 radical (unpaired) electrons. The predicted octanol–water partition coefficient (Wildman–Crippen LogP) is 6.61. The summed E-state index contributed by atoms with van der Waals surface area (Å²) in [6.07, 6.45) is 13.6. The van der Waals surface area contributed by atoms with Crippen LogP contribution in [-0.4, -0.2) is 11.2 Å². The van der Waals surface area contributed by atoms with Crippen LogP contribution >= 0.6 is 0 Å². The van der Waals surface area contributed by atoms with Crippen LogP contribution in [0.15, 0.2) is 29.8 Å². The zero-order valence-corrected chi connectivity index (χ0v) is 17.5. The molecular formula is C26H35FO. The average molecular weight is 383 g/mol. The van der Waals surface area contributed by atoms with Crippen LogP contribution in [0, 0.1) is 40.3 Å². The SMILES string of the molecule is C[C@]12CCCC[C@@H]1CC[C@H]1[C@H]3C/C(=C\c4cccc(F)c4)[C@@H](O)[C@@]3(C)CC[C@@H]12. The van der Waals surface area contributed by atoms with Crippen molar-refractivity contribution in [2.24, 2.45) is 34.5 Å². The molecule has 4 aliphatic carbocycles. The van der Waals surface area contributed by atoms with Crippen molar-refractivity contribution < 1.29 is 9.50 Å². The molecule has 0 saturated heterocycles. The van der Waals surface area contributed by atoms with E-state index in [4.69, 9.17) is 0 Å². The molecule has 5 rings (SSSR count). The molecule has 0 unspecified atom stereocenters. The molecule has 28 heavy (non-hydrogen) atoms. The number of hydrogen-bond donors (Lipinski definition) is 1. The standard InChI is InChI=1S/C26H35FO/c1-25-12-4-3-7-19(25)9-10-21-22(25)11-13-26(2)23(21)16-18(24(26)28)14-17-6-5-8-20(27)15-17/h5-6,8,14-15,19,21-24,28H,3-4,7,9-13,16H2,1-2H3/b18-14+/t19-,21-,22+,23-,24-,25+,26+/m1/s1. The minimum atomic E-state index is -0.376. The number of benzene rings is 1. The molecule has 1 aromatic rings. The molecule has 2 heteroatoms. The van der Waals surface area contributed by atoms with Crippen LogP contribution in [0.5, 0.6) is 0 Å². The number of rotatable bonds is 1. The number of hydrogen-bond acceptors (Lipinski definition) is 1. The highest BCUT2D eigenvalue weighted by atomic mass is 19.1. The summed E-state index contributed by atoms with van der Waals surface area (Å²) < 4.78 is 13.6. The molecule has 7 atom stereocenters. The predicted molar refractivity (Wildman–Crippen MR) is 112 cm³/mol. The summed E-state index contributed by atoms with van der Waals surface area (Å²) >= 11 is 0. The second-order valence-corrected chi connectivity index (χ2v) is 10.8. The fraction of sp³-hybridized carbons (Fsp3) is 0.692. The highest BCUT2D eigenvalue weighted by Gasteiger charge is 2.60. The topological polar surface area (TPSA) is 20.2 Å². The summed E-state index contributed by atoms with van der Waals surface area (Å²) in [5.41, 5.74) is 2.55. The first-order chi connectivity index (χ1) is 13.4. The Bertz CT molecular complexity index is 784. The molecule has 0 bridgehead atoms. The number of aliphatic hydroxyl groups excluding tert-OH is 1. The zero-order valence-electron chi connectivity index (χ0n) is 17.5. The molecular weight excluding hydrogens is 347 g/mol. The van der Waals surface area contributed by atoms with Gasteiger partial charge in [-0.3, -0.25) is 0 Å². The van der Waals surface area contributed by atoms with Crippen molar-refractivity contribution in [1.82, 2.24) is 0 Å². The van der Waals surface area contributed by atoms with E-state index in [0.29, 0.717) is 11.3 Å². The highest BCUT2D eigenvalue weighted by Crippen LogP contribution is 2.67. The Morgan fingerprint density at radius 3 is 2.68 bits per heavy atom. The summed E-state index contributed by atoms with van der Waals surface area (Å²) in [4.78, 5) is 0. The maximum atomic E-state index is 13.6. The van der Waals surface area contributed by atoms with E-state index in [2.05, 4.69) is 19.9 Å². The molecule has 0 aromatic heterocycles. The van der Waals surface area contributed by atoms with E-state index >= 15 is 0 Å². The van der Waals surface area contributed by atoms with Gasteiger partial charge in [-0.05, 0) is 97.3 Å². The lowest BCUT2D eigenvalue weighted by molar-refractivity contribution is -0.119. The van der Waals surface area contributed by atoms with Crippen LogP contribution in [0.4, 0.5) is 4.39 Å². The van der Waals surface area contributed by atoms with E-state index in [1.807, 2.05) is 6.07 Å². The summed E-state index contributed by atoms with van der Waals surface area (Å²) in [5, 5.41) is 11.3. The van der Waals surface area contributed by atoms with Gasteiger partial charge in [0.25, 0.3) is 0 Å². The smallest absolute Gasteiger partial charge is 0.123 e. The van der Waals surface area contributed by atoms with Gasteiger partial charge in [0.15, 0.2) is 0 Å². The van der Waals surface area contributed by atoms with Crippen LogP contribution in [0.25, 0.3) is 6.08 Å². The maximum Gasteiger partial charge on any atom is 0.123 e. The summed E-state index contributed by atoms with van der Waals surface area (Å²) in [7, 11) is 0. The zero-order chi connectivity index (χ0) is 19.5. The van der Waals surface area contributed by atoms with E-state index in [-0.39, 0.29) is 17.3 Å². The third-order valence-electron chi connectivity index (χ3n) is 9.65. The van der Waals surface area contributed by atoms with Gasteiger partial charge in [0, 0.05) is 5.41 Å². The van der Waals surface area contributed by atoms with Crippen LogP contribution in [0.2, 0.25) is 0 Å². The van der Waals surface area contributed by atoms with Gasteiger partial charge in [-0.25, -0.2) is 4.39 Å². The van der Waals surface area contributed by atoms with E-state index in [1.54, 1.807) is 12.1 Å². The van der Waals surface area contributed by atoms with Crippen LogP contribution in [0.1, 0.15) is 77.2 Å². The van der Waals surface area contributed by atoms with Crippen molar-refractivity contribution >= 4 is 6.08 Å². The molecule has 4 saturated carbocycles. The number of halogens is 1. The van der Waals surface area contributed by atoms with E-state index in [9.17, 15) is 9.50 Å². The molecule has 0 aliphatic heterocycles. The van der Waals surface area contributed by atoms with Gasteiger partial charge < -0.3 is 5.11 Å². The van der Waals surface area contributed by atoms with E-state index in [0.717, 1.165) is 41.7 Å². The molecule has 0 amide bonds. The number of aliphatic hydroxyl groups is 1. The Balaban J connectivity index is 1.46. The Morgan fingerprint density at radius 1 is 1.00 bits per heavy atom. The van der Waals surface area contributed by atoms with Crippen LogP contribution in [0.3, 0.4) is 0 Å². The first-order valence-electron chi connectivity index (χ1n) is 11.6. The van der Waals surface area contributed by atoms with Crippen LogP contribution < -0.4 is 0 Å². The molecule has 1 aromatic carbocycles. The lowest BCUT2D eigenvalue weighted by Gasteiger charge is -2.60. The van der Waals surface area contributed by atoms with Crippen molar-refractivity contribution in [3.05, 3.63) is 41.2 Å². The van der Waals surface area contributed by atoms with Gasteiger partial charge >= 0.3 is 0 Å². The van der Waals surface area contributed by atoms with Crippen molar-refractivity contribution in [2.45, 2.75) is 77.7 Å². The van der Waals surface area contributed by atoms with Crippen molar-refractivity contribution in [3.63, 3.8) is 0 Å². The average Bonchev–Trinajstić information content (AvgIpc) is 2.92. The third kappa shape index (κ3) is 2.74. The molecule has 0 spiro atoms. The van der Waals surface area contributed by atoms with Crippen molar-refractivity contribution in [3.8, 4) is 0 Å². The Morgan fingerprint density at radius 2 is 1.86 bits per heavy atom. The maximum absolute atomic E-state index is 13.6. The molecule has 1 N–H and O–H groups in total. The third-order valence-corrected chi connectivity index (χ3v) is 9.65. The van der Waals surface area contributed by atoms with Gasteiger partial charge in [0.05, 0.1) is 6.10 Å². The van der Waals surface area contributed by atoms with Crippen molar-refractivity contribution in [1.29, 1.82) is 0 Å². The normalized spacial score (nSPS) is 46.7. The van der Waals surface area contributed by atoms with Gasteiger partial charge in [-0.15, -0.1) is 0 Å². The lowest BCUT2D eigenvalue weighted by Crippen LogP contribution is -2.53. The summed E-state index contributed by atoms with van der Waals surface area (Å²) in [5.74, 6) is 2.91. The minimum Gasteiger partial charge on any atom is -0.388 e. The van der Waals surface area contributed by atoms with E-state index < -0.39 is 0 Å². The first-order valence-corrected chi connectivity index (χ1v) is 11.6. The quantitative estimate of drug-likeness (QED) is 0.579. The monoisotopic (exact) mass is 382 g/mol. The fourth-order valence-corrected chi connectivity index (χ4v) is 8.10. The molecule has 0 heterocycles.